The first-order valence-electron chi connectivity index (χ1n) is 8.71. The molecule has 1 aliphatic rings. The van der Waals surface area contributed by atoms with E-state index in [0.29, 0.717) is 17.7 Å². The Morgan fingerprint density at radius 3 is 2.62 bits per heavy atom. The van der Waals surface area contributed by atoms with Gasteiger partial charge in [0, 0.05) is 28.1 Å². The number of carbonyl (C=O) groups is 1. The number of amides is 1. The Kier molecular flexibility index (Phi) is 4.21. The van der Waals surface area contributed by atoms with Crippen molar-refractivity contribution in [3.8, 4) is 5.75 Å². The first-order valence-corrected chi connectivity index (χ1v) is 8.71. The third-order valence-corrected chi connectivity index (χ3v) is 4.74. The largest absolute Gasteiger partial charge is 0.497 e. The monoisotopic (exact) mass is 348 g/mol. The van der Waals surface area contributed by atoms with Crippen molar-refractivity contribution in [2.45, 2.75) is 25.4 Å². The lowest BCUT2D eigenvalue weighted by atomic mass is 10.1. The Hall–Kier alpha value is -3.08. The van der Waals surface area contributed by atoms with Gasteiger partial charge in [0.15, 0.2) is 0 Å². The van der Waals surface area contributed by atoms with Gasteiger partial charge in [-0.05, 0) is 49.2 Å². The van der Waals surface area contributed by atoms with Crippen molar-refractivity contribution in [1.29, 1.82) is 0 Å². The highest BCUT2D eigenvalue weighted by Crippen LogP contribution is 2.30. The summed E-state index contributed by atoms with van der Waals surface area (Å²) in [6.07, 6.45) is 1.97. The Morgan fingerprint density at radius 2 is 1.92 bits per heavy atom. The van der Waals surface area contributed by atoms with E-state index in [9.17, 15) is 9.59 Å². The summed E-state index contributed by atoms with van der Waals surface area (Å²) in [5.74, 6) is 0.702. The average Bonchev–Trinajstić information content (AvgIpc) is 3.51. The summed E-state index contributed by atoms with van der Waals surface area (Å²) >= 11 is 0. The molecule has 1 N–H and O–H groups in total. The topological polar surface area (TPSA) is 62.4 Å². The van der Waals surface area contributed by atoms with Crippen LogP contribution in [0.15, 0.2) is 59.4 Å². The SMILES string of the molecule is COc1ccc2[nH]c(=O)c(CN(C(=O)c3ccccc3)C3CC3)cc2c1. The predicted octanol–water partition coefficient (Wildman–Crippen LogP) is 3.34. The zero-order chi connectivity index (χ0) is 18.1. The number of hydrogen-bond donors (Lipinski definition) is 1. The van der Waals surface area contributed by atoms with Gasteiger partial charge in [-0.25, -0.2) is 0 Å². The first-order chi connectivity index (χ1) is 12.7. The number of nitrogens with one attached hydrogen (secondary N) is 1. The number of carbonyl (C=O) groups excluding carboxylic acids is 1. The Bertz CT molecular complexity index is 1010. The number of benzene rings is 2. The molecule has 26 heavy (non-hydrogen) atoms. The second-order valence-corrected chi connectivity index (χ2v) is 6.61. The van der Waals surface area contributed by atoms with Gasteiger partial charge in [0.2, 0.25) is 0 Å². The van der Waals surface area contributed by atoms with Crippen LogP contribution in [0.25, 0.3) is 10.9 Å². The molecule has 3 aromatic rings. The number of methoxy groups -OCH3 is 1. The van der Waals surface area contributed by atoms with E-state index in [1.807, 2.05) is 59.5 Å². The molecule has 1 fully saturated rings. The fraction of sp³-hybridized carbons (Fsp3) is 0.238. The van der Waals surface area contributed by atoms with Crippen LogP contribution < -0.4 is 10.3 Å². The molecule has 132 valence electrons. The highest BCUT2D eigenvalue weighted by Gasteiger charge is 2.33. The molecule has 1 heterocycles. The van der Waals surface area contributed by atoms with Crippen molar-refractivity contribution >= 4 is 16.8 Å². The van der Waals surface area contributed by atoms with Crippen LogP contribution in [0.3, 0.4) is 0 Å². The number of pyridine rings is 1. The zero-order valence-corrected chi connectivity index (χ0v) is 14.6. The van der Waals surface area contributed by atoms with Crippen LogP contribution >= 0.6 is 0 Å². The Labute approximate surface area is 151 Å². The van der Waals surface area contributed by atoms with E-state index in [0.717, 1.165) is 29.5 Å². The second kappa shape index (κ2) is 6.67. The van der Waals surface area contributed by atoms with Gasteiger partial charge in [-0.15, -0.1) is 0 Å². The van der Waals surface area contributed by atoms with Gasteiger partial charge in [0.25, 0.3) is 11.5 Å². The number of fused-ring (bicyclic) bond motifs is 1. The summed E-state index contributed by atoms with van der Waals surface area (Å²) in [4.78, 5) is 30.1. The number of ether oxygens (including phenoxy) is 1. The lowest BCUT2D eigenvalue weighted by molar-refractivity contribution is 0.0729. The van der Waals surface area contributed by atoms with E-state index in [1.165, 1.54) is 0 Å². The highest BCUT2D eigenvalue weighted by molar-refractivity contribution is 5.94. The summed E-state index contributed by atoms with van der Waals surface area (Å²) in [5.41, 5.74) is 1.83. The molecule has 0 atom stereocenters. The number of aromatic amines is 1. The molecule has 0 spiro atoms. The quantitative estimate of drug-likeness (QED) is 0.769. The van der Waals surface area contributed by atoms with Gasteiger partial charge >= 0.3 is 0 Å². The van der Waals surface area contributed by atoms with Crippen LogP contribution in [-0.4, -0.2) is 28.9 Å². The molecule has 0 bridgehead atoms. The maximum Gasteiger partial charge on any atom is 0.254 e. The summed E-state index contributed by atoms with van der Waals surface area (Å²) in [7, 11) is 1.61. The highest BCUT2D eigenvalue weighted by atomic mass is 16.5. The molecule has 2 aromatic carbocycles. The second-order valence-electron chi connectivity index (χ2n) is 6.61. The van der Waals surface area contributed by atoms with Gasteiger partial charge in [-0.2, -0.15) is 0 Å². The molecule has 5 nitrogen and oxygen atoms in total. The Morgan fingerprint density at radius 1 is 1.15 bits per heavy atom. The zero-order valence-electron chi connectivity index (χ0n) is 14.6. The van der Waals surface area contributed by atoms with Gasteiger partial charge in [-0.3, -0.25) is 9.59 Å². The third-order valence-electron chi connectivity index (χ3n) is 4.74. The molecule has 1 saturated carbocycles. The van der Waals surface area contributed by atoms with E-state index >= 15 is 0 Å². The van der Waals surface area contributed by atoms with Crippen LogP contribution in [0.1, 0.15) is 28.8 Å². The van der Waals surface area contributed by atoms with Gasteiger partial charge in [0.05, 0.1) is 13.7 Å². The van der Waals surface area contributed by atoms with E-state index in [4.69, 9.17) is 4.74 Å². The first kappa shape index (κ1) is 16.4. The lowest BCUT2D eigenvalue weighted by Gasteiger charge is -2.22. The fourth-order valence-electron chi connectivity index (χ4n) is 3.16. The average molecular weight is 348 g/mol. The van der Waals surface area contributed by atoms with Crippen molar-refractivity contribution in [2.75, 3.05) is 7.11 Å². The summed E-state index contributed by atoms with van der Waals surface area (Å²) in [6, 6.07) is 16.8. The third kappa shape index (κ3) is 3.20. The molecular weight excluding hydrogens is 328 g/mol. The minimum absolute atomic E-state index is 0.0294. The van der Waals surface area contributed by atoms with Crippen LogP contribution in [0.4, 0.5) is 0 Å². The predicted molar refractivity (Wildman–Crippen MR) is 100 cm³/mol. The minimum Gasteiger partial charge on any atom is -0.497 e. The molecule has 1 aromatic heterocycles. The summed E-state index contributed by atoms with van der Waals surface area (Å²) < 4.78 is 5.26. The van der Waals surface area contributed by atoms with Crippen LogP contribution in [0.2, 0.25) is 0 Å². The van der Waals surface area contributed by atoms with Crippen molar-refractivity contribution in [1.82, 2.24) is 9.88 Å². The molecule has 0 unspecified atom stereocenters. The lowest BCUT2D eigenvalue weighted by Crippen LogP contribution is -2.34. The Balaban J connectivity index is 1.68. The van der Waals surface area contributed by atoms with Crippen LogP contribution in [0, 0.1) is 0 Å². The van der Waals surface area contributed by atoms with Crippen LogP contribution in [-0.2, 0) is 6.54 Å². The molecule has 5 heteroatoms. The van der Waals surface area contributed by atoms with Crippen molar-refractivity contribution in [2.24, 2.45) is 0 Å². The van der Waals surface area contributed by atoms with Gasteiger partial charge in [0.1, 0.15) is 5.75 Å². The number of nitrogens with zero attached hydrogens (tertiary/aromatic N) is 1. The van der Waals surface area contributed by atoms with Crippen molar-refractivity contribution in [3.05, 3.63) is 76.1 Å². The molecule has 1 aliphatic carbocycles. The van der Waals surface area contributed by atoms with E-state index in [2.05, 4.69) is 4.98 Å². The minimum atomic E-state index is -0.158. The molecular formula is C21H20N2O3. The standard InChI is InChI=1S/C21H20N2O3/c1-26-18-9-10-19-15(12-18)11-16(20(24)22-19)13-23(17-7-8-17)21(25)14-5-3-2-4-6-14/h2-6,9-12,17H,7-8,13H2,1H3,(H,22,24). The fourth-order valence-corrected chi connectivity index (χ4v) is 3.16. The summed E-state index contributed by atoms with van der Waals surface area (Å²) in [6.45, 7) is 0.306. The molecule has 0 aliphatic heterocycles. The number of H-pyrrole nitrogens is 1. The van der Waals surface area contributed by atoms with Gasteiger partial charge in [-0.1, -0.05) is 18.2 Å². The van der Waals surface area contributed by atoms with Crippen LogP contribution in [0.5, 0.6) is 5.75 Å². The van der Waals surface area contributed by atoms with Crippen molar-refractivity contribution in [3.63, 3.8) is 0 Å². The van der Waals surface area contributed by atoms with E-state index < -0.39 is 0 Å². The maximum atomic E-state index is 12.9. The van der Waals surface area contributed by atoms with Gasteiger partial charge < -0.3 is 14.6 Å². The van der Waals surface area contributed by atoms with Crippen molar-refractivity contribution < 1.29 is 9.53 Å². The summed E-state index contributed by atoms with van der Waals surface area (Å²) in [5, 5.41) is 0.891. The maximum absolute atomic E-state index is 12.9. The number of rotatable bonds is 5. The molecule has 0 saturated heterocycles. The van der Waals surface area contributed by atoms with E-state index in [1.54, 1.807) is 7.11 Å². The van der Waals surface area contributed by atoms with E-state index in [-0.39, 0.29) is 17.5 Å². The normalized spacial score (nSPS) is 13.6. The smallest absolute Gasteiger partial charge is 0.254 e. The number of hydrogen-bond acceptors (Lipinski definition) is 3. The molecule has 1 amide bonds. The number of aromatic nitrogens is 1. The molecule has 4 rings (SSSR count). The molecule has 0 radical (unpaired) electrons.